The third kappa shape index (κ3) is 4.60. The van der Waals surface area contributed by atoms with Gasteiger partial charge in [0, 0.05) is 17.2 Å². The van der Waals surface area contributed by atoms with Gasteiger partial charge in [0.1, 0.15) is 10.9 Å². The molecule has 1 heterocycles. The van der Waals surface area contributed by atoms with Crippen molar-refractivity contribution in [2.45, 2.75) is 43.4 Å². The minimum absolute atomic E-state index is 0.0517. The van der Waals surface area contributed by atoms with Crippen molar-refractivity contribution in [3.8, 4) is 0 Å². The highest BCUT2D eigenvalue weighted by atomic mass is 32.2. The molecular formula is C11H16N2O3S. The maximum atomic E-state index is 11.4. The molecule has 0 aliphatic heterocycles. The van der Waals surface area contributed by atoms with E-state index in [1.165, 1.54) is 17.8 Å². The molecule has 0 saturated heterocycles. The lowest BCUT2D eigenvalue weighted by Crippen LogP contribution is -2.13. The highest BCUT2D eigenvalue weighted by molar-refractivity contribution is 7.99. The molecule has 0 aromatic carbocycles. The predicted octanol–water partition coefficient (Wildman–Crippen LogP) is 1.85. The van der Waals surface area contributed by atoms with E-state index in [2.05, 4.69) is 9.97 Å². The first-order valence-corrected chi connectivity index (χ1v) is 6.26. The van der Waals surface area contributed by atoms with Crippen LogP contribution in [0.1, 0.15) is 38.9 Å². The fraction of sp³-hybridized carbons (Fsp3) is 0.545. The molecule has 0 amide bonds. The summed E-state index contributed by atoms with van der Waals surface area (Å²) in [5, 5.41) is 9.12. The van der Waals surface area contributed by atoms with Crippen LogP contribution in [0.25, 0.3) is 0 Å². The zero-order valence-electron chi connectivity index (χ0n) is 10.1. The van der Waals surface area contributed by atoms with E-state index in [9.17, 15) is 9.59 Å². The van der Waals surface area contributed by atoms with Crippen LogP contribution in [0.5, 0.6) is 0 Å². The molecule has 94 valence electrons. The van der Waals surface area contributed by atoms with Gasteiger partial charge in [-0.15, -0.1) is 11.8 Å². The van der Waals surface area contributed by atoms with Crippen LogP contribution in [0.15, 0.2) is 15.9 Å². The van der Waals surface area contributed by atoms with E-state index >= 15 is 0 Å². The highest BCUT2D eigenvalue weighted by Crippen LogP contribution is 2.23. The molecule has 1 aromatic heterocycles. The van der Waals surface area contributed by atoms with Crippen LogP contribution in [0.2, 0.25) is 0 Å². The molecule has 0 saturated carbocycles. The quantitative estimate of drug-likeness (QED) is 0.620. The maximum absolute atomic E-state index is 11.4. The average Bonchev–Trinajstić information content (AvgIpc) is 2.14. The fourth-order valence-electron chi connectivity index (χ4n) is 1.28. The number of hydrogen-bond acceptors (Lipinski definition) is 4. The number of carboxylic acid groups (broad SMARTS) is 1. The van der Waals surface area contributed by atoms with Crippen LogP contribution in [0.3, 0.4) is 0 Å². The Morgan fingerprint density at radius 2 is 2.18 bits per heavy atom. The van der Waals surface area contributed by atoms with Crippen molar-refractivity contribution >= 4 is 17.7 Å². The van der Waals surface area contributed by atoms with E-state index in [-0.39, 0.29) is 23.1 Å². The van der Waals surface area contributed by atoms with E-state index in [1.807, 2.05) is 13.8 Å². The van der Waals surface area contributed by atoms with Gasteiger partial charge >= 0.3 is 5.97 Å². The molecule has 6 heteroatoms. The van der Waals surface area contributed by atoms with E-state index in [1.54, 1.807) is 6.92 Å². The summed E-state index contributed by atoms with van der Waals surface area (Å²) in [5.41, 5.74) is -0.200. The molecule has 0 aliphatic carbocycles. The van der Waals surface area contributed by atoms with Gasteiger partial charge < -0.3 is 10.1 Å². The average molecular weight is 256 g/mol. The number of nitrogens with one attached hydrogen (secondary N) is 1. The Bertz CT molecular complexity index is 456. The summed E-state index contributed by atoms with van der Waals surface area (Å²) >= 11 is 1.31. The predicted molar refractivity (Wildman–Crippen MR) is 66.5 cm³/mol. The minimum Gasteiger partial charge on any atom is -0.481 e. The summed E-state index contributed by atoms with van der Waals surface area (Å²) in [6.07, 6.45) is 0.0517. The lowest BCUT2D eigenvalue weighted by Gasteiger charge is -2.09. The number of rotatable bonds is 5. The normalized spacial score (nSPS) is 12.7. The van der Waals surface area contributed by atoms with Crippen LogP contribution in [0, 0.1) is 0 Å². The second-order valence-corrected chi connectivity index (χ2v) is 5.61. The number of nitrogens with zero attached hydrogens (tertiary/aromatic N) is 1. The summed E-state index contributed by atoms with van der Waals surface area (Å²) in [7, 11) is 0. The van der Waals surface area contributed by atoms with Crippen LogP contribution < -0.4 is 5.56 Å². The first kappa shape index (κ1) is 13.8. The number of aromatic nitrogens is 2. The number of thioether (sulfide) groups is 1. The number of carboxylic acids is 1. The van der Waals surface area contributed by atoms with Crippen molar-refractivity contribution in [3.63, 3.8) is 0 Å². The molecule has 1 rings (SSSR count). The van der Waals surface area contributed by atoms with Crippen molar-refractivity contribution in [3.05, 3.63) is 22.2 Å². The molecular weight excluding hydrogens is 240 g/mol. The van der Waals surface area contributed by atoms with Crippen LogP contribution in [-0.4, -0.2) is 26.3 Å². The summed E-state index contributed by atoms with van der Waals surface area (Å²) in [5.74, 6) is -0.0838. The zero-order chi connectivity index (χ0) is 13.0. The monoisotopic (exact) mass is 256 g/mol. The first-order valence-electron chi connectivity index (χ1n) is 5.38. The number of hydrogen-bond donors (Lipinski definition) is 2. The minimum atomic E-state index is -0.848. The van der Waals surface area contributed by atoms with Gasteiger partial charge in [-0.2, -0.15) is 0 Å². The molecule has 0 bridgehead atoms. The van der Waals surface area contributed by atoms with E-state index in [0.29, 0.717) is 10.9 Å². The molecule has 0 aliphatic rings. The number of carbonyl (C=O) groups is 1. The molecule has 1 unspecified atom stereocenters. The molecule has 0 radical (unpaired) electrons. The van der Waals surface area contributed by atoms with Crippen molar-refractivity contribution in [2.24, 2.45) is 0 Å². The van der Waals surface area contributed by atoms with Crippen LogP contribution >= 0.6 is 11.8 Å². The van der Waals surface area contributed by atoms with Gasteiger partial charge in [0.25, 0.3) is 5.56 Å². The Hall–Kier alpha value is -1.30. The molecule has 5 nitrogen and oxygen atoms in total. The van der Waals surface area contributed by atoms with Gasteiger partial charge in [0.2, 0.25) is 0 Å². The topological polar surface area (TPSA) is 83.0 Å². The van der Waals surface area contributed by atoms with E-state index in [4.69, 9.17) is 5.11 Å². The van der Waals surface area contributed by atoms with Crippen molar-refractivity contribution in [1.29, 1.82) is 0 Å². The van der Waals surface area contributed by atoms with Gasteiger partial charge in [0.15, 0.2) is 0 Å². The Morgan fingerprint density at radius 3 is 2.71 bits per heavy atom. The van der Waals surface area contributed by atoms with Gasteiger partial charge in [-0.1, -0.05) is 20.8 Å². The SMILES string of the molecule is CC(CC(=O)O)Sc1cc(=O)[nH]c(C(C)C)n1. The Labute approximate surface area is 104 Å². The zero-order valence-corrected chi connectivity index (χ0v) is 10.9. The number of H-pyrrole nitrogens is 1. The Kier molecular flexibility index (Phi) is 4.74. The number of aromatic amines is 1. The largest absolute Gasteiger partial charge is 0.481 e. The standard InChI is InChI=1S/C11H16N2O3S/c1-6(2)11-12-8(14)5-9(13-11)17-7(3)4-10(15)16/h5-7H,4H2,1-3H3,(H,15,16)(H,12,13,14). The van der Waals surface area contributed by atoms with Crippen molar-refractivity contribution in [2.75, 3.05) is 0 Å². The van der Waals surface area contributed by atoms with Crippen molar-refractivity contribution < 1.29 is 9.90 Å². The third-order valence-electron chi connectivity index (χ3n) is 2.07. The van der Waals surface area contributed by atoms with Crippen LogP contribution in [-0.2, 0) is 4.79 Å². The van der Waals surface area contributed by atoms with Crippen LogP contribution in [0.4, 0.5) is 0 Å². The summed E-state index contributed by atoms with van der Waals surface area (Å²) in [6, 6.07) is 1.40. The Balaban J connectivity index is 2.84. The molecule has 1 atom stereocenters. The lowest BCUT2D eigenvalue weighted by molar-refractivity contribution is -0.136. The summed E-state index contributed by atoms with van der Waals surface area (Å²) in [4.78, 5) is 28.9. The second kappa shape index (κ2) is 5.86. The Morgan fingerprint density at radius 1 is 1.53 bits per heavy atom. The molecule has 17 heavy (non-hydrogen) atoms. The van der Waals surface area contributed by atoms with E-state index in [0.717, 1.165) is 0 Å². The van der Waals surface area contributed by atoms with Crippen molar-refractivity contribution in [1.82, 2.24) is 9.97 Å². The van der Waals surface area contributed by atoms with Gasteiger partial charge in [-0.3, -0.25) is 9.59 Å². The molecule has 2 N–H and O–H groups in total. The summed E-state index contributed by atoms with van der Waals surface area (Å²) < 4.78 is 0. The fourth-order valence-corrected chi connectivity index (χ4v) is 2.25. The van der Waals surface area contributed by atoms with Gasteiger partial charge in [-0.25, -0.2) is 4.98 Å². The van der Waals surface area contributed by atoms with E-state index < -0.39 is 5.97 Å². The number of aliphatic carboxylic acids is 1. The molecule has 1 aromatic rings. The maximum Gasteiger partial charge on any atom is 0.304 e. The lowest BCUT2D eigenvalue weighted by atomic mass is 10.2. The van der Waals surface area contributed by atoms with Gasteiger partial charge in [0.05, 0.1) is 6.42 Å². The highest BCUT2D eigenvalue weighted by Gasteiger charge is 2.12. The third-order valence-corrected chi connectivity index (χ3v) is 3.09. The second-order valence-electron chi connectivity index (χ2n) is 4.15. The van der Waals surface area contributed by atoms with Gasteiger partial charge in [-0.05, 0) is 0 Å². The smallest absolute Gasteiger partial charge is 0.304 e. The molecule has 0 fully saturated rings. The summed E-state index contributed by atoms with van der Waals surface area (Å²) in [6.45, 7) is 5.68. The first-order chi connectivity index (χ1) is 7.88. The molecule has 0 spiro atoms.